The minimum atomic E-state index is -0.463. The van der Waals surface area contributed by atoms with Crippen molar-refractivity contribution < 1.29 is 29.6 Å². The normalized spacial score (nSPS) is 11.9. The Bertz CT molecular complexity index is 1770. The van der Waals surface area contributed by atoms with Gasteiger partial charge < -0.3 is 9.97 Å². The molecule has 1 aliphatic rings. The van der Waals surface area contributed by atoms with Gasteiger partial charge in [0.1, 0.15) is 5.82 Å². The number of nitrogens with zero attached hydrogens (tertiary/aromatic N) is 7. The monoisotopic (exact) mass is 551 g/mol. The fourth-order valence-electron chi connectivity index (χ4n) is 5.29. The molecule has 0 radical (unpaired) electrons. The Balaban J connectivity index is 0.00000308. The van der Waals surface area contributed by atoms with Crippen LogP contribution in [0.2, 0.25) is 5.28 Å². The van der Waals surface area contributed by atoms with E-state index in [1.54, 1.807) is 0 Å². The quantitative estimate of drug-likeness (QED) is 0.160. The molecule has 11 heteroatoms. The molecule has 6 rings (SSSR count). The van der Waals surface area contributed by atoms with Gasteiger partial charge in [0.05, 0.1) is 5.69 Å². The van der Waals surface area contributed by atoms with Gasteiger partial charge in [-0.1, -0.05) is 73.8 Å². The molecule has 0 N–H and O–H groups in total. The number of fused-ring (bicyclic) bond motifs is 6. The number of benzene rings is 2. The molecule has 0 aliphatic carbocycles. The van der Waals surface area contributed by atoms with E-state index in [1.165, 1.54) is 20.3 Å². The summed E-state index contributed by atoms with van der Waals surface area (Å²) in [5.74, 6) is 1.59. The minimum Gasteiger partial charge on any atom is -0.420 e. The van der Waals surface area contributed by atoms with Crippen LogP contribution in [0.15, 0.2) is 58.1 Å². The second kappa shape index (κ2) is 11.6. The smallest absolute Gasteiger partial charge is 0.420 e. The molecule has 9 nitrogen and oxygen atoms in total. The van der Waals surface area contributed by atoms with E-state index in [2.05, 4.69) is 55.9 Å². The van der Waals surface area contributed by atoms with Crippen LogP contribution in [0.3, 0.4) is 0 Å². The molecule has 1 aliphatic heterocycles. The third-order valence-electron chi connectivity index (χ3n) is 7.15. The first-order chi connectivity index (χ1) is 18.6. The van der Waals surface area contributed by atoms with E-state index in [-0.39, 0.29) is 58.2 Å². The Labute approximate surface area is 252 Å². The summed E-state index contributed by atoms with van der Waals surface area (Å²) in [4.78, 5) is 34.8. The van der Waals surface area contributed by atoms with Crippen molar-refractivity contribution in [1.29, 1.82) is 0 Å². The van der Waals surface area contributed by atoms with Crippen molar-refractivity contribution in [3.63, 3.8) is 0 Å². The molecule has 0 spiro atoms. The van der Waals surface area contributed by atoms with Crippen LogP contribution in [0.25, 0.3) is 28.2 Å². The van der Waals surface area contributed by atoms with E-state index in [0.29, 0.717) is 19.4 Å². The Hall–Kier alpha value is -2.98. The SMILES string of the molecule is CCCCCn1c(=O)n(CCCc2nnc3n2-c2ccccc2Cc2ccccc2-3)c(=O)c2[n-]c(Cl)nc21.[Na+]. The van der Waals surface area contributed by atoms with Crippen molar-refractivity contribution >= 4 is 22.8 Å². The third-order valence-corrected chi connectivity index (χ3v) is 7.32. The Kier molecular flexibility index (Phi) is 8.23. The van der Waals surface area contributed by atoms with E-state index in [0.717, 1.165) is 48.6 Å². The number of para-hydroxylation sites is 1. The summed E-state index contributed by atoms with van der Waals surface area (Å²) in [6.07, 6.45) is 4.67. The van der Waals surface area contributed by atoms with Crippen LogP contribution in [-0.4, -0.2) is 28.9 Å². The molecule has 2 aromatic carbocycles. The molecule has 0 saturated carbocycles. The van der Waals surface area contributed by atoms with E-state index in [9.17, 15) is 9.59 Å². The summed E-state index contributed by atoms with van der Waals surface area (Å²) < 4.78 is 4.89. The van der Waals surface area contributed by atoms with Gasteiger partial charge in [-0.15, -0.1) is 10.2 Å². The van der Waals surface area contributed by atoms with Crippen molar-refractivity contribution in [2.24, 2.45) is 0 Å². The van der Waals surface area contributed by atoms with E-state index in [4.69, 9.17) is 11.6 Å². The molecule has 0 amide bonds. The van der Waals surface area contributed by atoms with Gasteiger partial charge in [0.2, 0.25) is 0 Å². The minimum absolute atomic E-state index is 0. The number of hydrogen-bond acceptors (Lipinski definition) is 5. The van der Waals surface area contributed by atoms with Crippen LogP contribution in [-0.2, 0) is 25.9 Å². The second-order valence-electron chi connectivity index (χ2n) is 9.60. The first-order valence-electron chi connectivity index (χ1n) is 13.0. The molecule has 4 heterocycles. The van der Waals surface area contributed by atoms with Crippen LogP contribution < -0.4 is 45.8 Å². The predicted octanol–water partition coefficient (Wildman–Crippen LogP) is 1.15. The van der Waals surface area contributed by atoms with Crippen LogP contribution in [0.4, 0.5) is 0 Å². The zero-order valence-electron chi connectivity index (χ0n) is 22.1. The molecule has 0 bridgehead atoms. The van der Waals surface area contributed by atoms with Crippen molar-refractivity contribution in [1.82, 2.24) is 33.9 Å². The van der Waals surface area contributed by atoms with Gasteiger partial charge in [-0.3, -0.25) is 18.5 Å². The van der Waals surface area contributed by atoms with Gasteiger partial charge in [-0.25, -0.2) is 4.79 Å². The Morgan fingerprint density at radius 3 is 2.49 bits per heavy atom. The van der Waals surface area contributed by atoms with Crippen LogP contribution in [0.1, 0.15) is 49.6 Å². The summed E-state index contributed by atoms with van der Waals surface area (Å²) in [7, 11) is 0. The molecule has 0 unspecified atom stereocenters. The molecular weight excluding hydrogens is 525 g/mol. The number of aromatic nitrogens is 7. The maximum Gasteiger partial charge on any atom is 1.00 e. The Morgan fingerprint density at radius 2 is 1.67 bits per heavy atom. The Morgan fingerprint density at radius 1 is 0.923 bits per heavy atom. The molecule has 5 aromatic rings. The summed E-state index contributed by atoms with van der Waals surface area (Å²) in [6.45, 7) is 2.79. The van der Waals surface area contributed by atoms with Crippen molar-refractivity contribution in [2.75, 3.05) is 0 Å². The van der Waals surface area contributed by atoms with Gasteiger partial charge in [0.15, 0.2) is 5.82 Å². The zero-order chi connectivity index (χ0) is 26.2. The van der Waals surface area contributed by atoms with Crippen molar-refractivity contribution in [3.8, 4) is 17.1 Å². The maximum absolute atomic E-state index is 13.4. The number of aryl methyl sites for hydroxylation is 2. The molecule has 0 fully saturated rings. The third kappa shape index (κ3) is 5.04. The molecule has 0 atom stereocenters. The van der Waals surface area contributed by atoms with Crippen LogP contribution >= 0.6 is 11.6 Å². The average Bonchev–Trinajstić information content (AvgIpc) is 3.48. The summed E-state index contributed by atoms with van der Waals surface area (Å²) in [6, 6.07) is 16.5. The number of halogens is 1. The topological polar surface area (TPSA) is 102 Å². The number of hydrogen-bond donors (Lipinski definition) is 0. The molecule has 39 heavy (non-hydrogen) atoms. The fraction of sp³-hybridized carbons (Fsp3) is 0.321. The van der Waals surface area contributed by atoms with Crippen LogP contribution in [0.5, 0.6) is 0 Å². The molecule has 194 valence electrons. The van der Waals surface area contributed by atoms with E-state index >= 15 is 0 Å². The van der Waals surface area contributed by atoms with Crippen molar-refractivity contribution in [3.05, 3.63) is 91.6 Å². The first-order valence-corrected chi connectivity index (χ1v) is 13.4. The van der Waals surface area contributed by atoms with Gasteiger partial charge in [-0.2, -0.15) is 0 Å². The summed E-state index contributed by atoms with van der Waals surface area (Å²) in [5.41, 5.74) is 4.06. The van der Waals surface area contributed by atoms with E-state index < -0.39 is 5.56 Å². The standard InChI is InChI=1S/C28H28ClN7O2.Na/c1-2-3-8-15-34-25-23(30-27(29)31-25)26(37)35(28(34)38)16-9-14-22-32-33-24-20-12-6-4-10-18(20)17-19-11-5-7-13-21(19)36(22)24;/h4-7,10-13H,2-3,8-9,14-17H2,1H3,(H,30,31,37);/q;+1/p-1. The number of unbranched alkanes of at least 4 members (excludes halogenated alkanes) is 2. The second-order valence-corrected chi connectivity index (χ2v) is 9.94. The molecular formula is C28H27ClN7NaO2. The molecule has 0 saturated heterocycles. The molecule has 3 aromatic heterocycles. The summed E-state index contributed by atoms with van der Waals surface area (Å²) >= 11 is 6.02. The summed E-state index contributed by atoms with van der Waals surface area (Å²) in [5, 5.41) is 9.07. The van der Waals surface area contributed by atoms with Gasteiger partial charge in [0, 0.05) is 47.9 Å². The van der Waals surface area contributed by atoms with Crippen molar-refractivity contribution in [2.45, 2.75) is 58.5 Å². The number of rotatable bonds is 8. The largest absolute Gasteiger partial charge is 1.00 e. The fourth-order valence-corrected chi connectivity index (χ4v) is 5.45. The first kappa shape index (κ1) is 27.6. The predicted molar refractivity (Wildman–Crippen MR) is 146 cm³/mol. The van der Waals surface area contributed by atoms with Gasteiger partial charge >= 0.3 is 35.2 Å². The maximum atomic E-state index is 13.4. The van der Waals surface area contributed by atoms with Crippen LogP contribution in [0, 0.1) is 0 Å². The van der Waals surface area contributed by atoms with E-state index in [1.807, 2.05) is 24.3 Å². The van der Waals surface area contributed by atoms with Gasteiger partial charge in [-0.05, 0) is 30.0 Å². The van der Waals surface area contributed by atoms with Gasteiger partial charge in [0.25, 0.3) is 5.56 Å². The zero-order valence-corrected chi connectivity index (χ0v) is 24.9. The average molecular weight is 552 g/mol. The number of imidazole rings is 1.